The van der Waals surface area contributed by atoms with Crippen LogP contribution in [-0.2, 0) is 4.79 Å². The van der Waals surface area contributed by atoms with Crippen LogP contribution in [0, 0.1) is 12.8 Å². The van der Waals surface area contributed by atoms with Gasteiger partial charge in [-0.05, 0) is 55.6 Å². The molecule has 0 amide bonds. The molecule has 0 bridgehead atoms. The molecule has 1 saturated heterocycles. The first kappa shape index (κ1) is 17.4. The Morgan fingerprint density at radius 1 is 1.36 bits per heavy atom. The first-order valence-electron chi connectivity index (χ1n) is 8.62. The lowest BCUT2D eigenvalue weighted by molar-refractivity contribution is -0.143. The smallest absolute Gasteiger partial charge is 0.307 e. The van der Waals surface area contributed by atoms with Crippen molar-refractivity contribution in [2.24, 2.45) is 5.92 Å². The third kappa shape index (κ3) is 3.99. The number of hydrogen-bond acceptors (Lipinski definition) is 4. The molecule has 1 fully saturated rings. The van der Waals surface area contributed by atoms with E-state index >= 15 is 0 Å². The molecular formula is C20H24N2O3. The number of carbonyl (C=O) groups is 1. The number of aromatic nitrogens is 1. The van der Waals surface area contributed by atoms with Gasteiger partial charge in [-0.3, -0.25) is 14.7 Å². The van der Waals surface area contributed by atoms with Crippen LogP contribution in [0.4, 0.5) is 0 Å². The molecule has 2 atom stereocenters. The number of likely N-dealkylation sites (tertiary alicyclic amines) is 1. The van der Waals surface area contributed by atoms with E-state index in [0.717, 1.165) is 42.0 Å². The number of piperidine rings is 1. The van der Waals surface area contributed by atoms with Crippen molar-refractivity contribution in [1.82, 2.24) is 9.88 Å². The van der Waals surface area contributed by atoms with Gasteiger partial charge in [-0.25, -0.2) is 0 Å². The number of aryl methyl sites for hydroxylation is 1. The average Bonchev–Trinajstić information content (AvgIpc) is 2.64. The van der Waals surface area contributed by atoms with Crippen LogP contribution in [0.5, 0.6) is 5.75 Å². The van der Waals surface area contributed by atoms with Crippen molar-refractivity contribution in [3.63, 3.8) is 0 Å². The van der Waals surface area contributed by atoms with Gasteiger partial charge in [0.2, 0.25) is 0 Å². The Labute approximate surface area is 148 Å². The summed E-state index contributed by atoms with van der Waals surface area (Å²) in [6.07, 6.45) is 3.47. The molecule has 3 rings (SSSR count). The fraction of sp³-hybridized carbons (Fsp3) is 0.400. The minimum Gasteiger partial charge on any atom is -0.497 e. The molecule has 0 saturated carbocycles. The van der Waals surface area contributed by atoms with Gasteiger partial charge in [0, 0.05) is 12.7 Å². The first-order chi connectivity index (χ1) is 12.1. The molecule has 132 valence electrons. The Bertz CT molecular complexity index is 730. The maximum atomic E-state index is 11.5. The molecule has 5 nitrogen and oxygen atoms in total. The van der Waals surface area contributed by atoms with Crippen LogP contribution in [0.1, 0.15) is 35.7 Å². The van der Waals surface area contributed by atoms with Crippen molar-refractivity contribution in [3.8, 4) is 5.75 Å². The van der Waals surface area contributed by atoms with Crippen LogP contribution >= 0.6 is 0 Å². The molecule has 2 unspecified atom stereocenters. The molecule has 0 aliphatic carbocycles. The van der Waals surface area contributed by atoms with E-state index in [2.05, 4.69) is 16.0 Å². The summed E-state index contributed by atoms with van der Waals surface area (Å²) in [6.45, 7) is 3.41. The zero-order valence-corrected chi connectivity index (χ0v) is 14.7. The van der Waals surface area contributed by atoms with E-state index in [1.165, 1.54) is 0 Å². The van der Waals surface area contributed by atoms with Crippen LogP contribution in [0.3, 0.4) is 0 Å². The highest BCUT2D eigenvalue weighted by Gasteiger charge is 2.32. The summed E-state index contributed by atoms with van der Waals surface area (Å²) >= 11 is 0. The second kappa shape index (κ2) is 7.66. The van der Waals surface area contributed by atoms with Gasteiger partial charge in [0.25, 0.3) is 0 Å². The summed E-state index contributed by atoms with van der Waals surface area (Å²) < 4.78 is 5.37. The Hall–Kier alpha value is -2.40. The number of ether oxygens (including phenoxy) is 1. The number of carboxylic acid groups (broad SMARTS) is 1. The number of pyridine rings is 1. The predicted octanol–water partition coefficient (Wildman–Crippen LogP) is 3.28. The number of methoxy groups -OCH3 is 1. The first-order valence-corrected chi connectivity index (χ1v) is 8.62. The third-order valence-electron chi connectivity index (χ3n) is 4.79. The SMILES string of the molecule is COc1cccc(C(c2ccc(C)cn2)N2CCCC(C(=O)O)C2)c1. The van der Waals surface area contributed by atoms with Crippen LogP contribution < -0.4 is 4.74 Å². The van der Waals surface area contributed by atoms with Crippen molar-refractivity contribution in [2.75, 3.05) is 20.2 Å². The summed E-state index contributed by atoms with van der Waals surface area (Å²) in [5.41, 5.74) is 3.11. The Morgan fingerprint density at radius 2 is 2.20 bits per heavy atom. The van der Waals surface area contributed by atoms with Gasteiger partial charge in [0.05, 0.1) is 24.8 Å². The van der Waals surface area contributed by atoms with Gasteiger partial charge < -0.3 is 9.84 Å². The molecule has 1 aromatic carbocycles. The largest absolute Gasteiger partial charge is 0.497 e. The second-order valence-corrected chi connectivity index (χ2v) is 6.61. The number of carboxylic acids is 1. The Morgan fingerprint density at radius 3 is 2.88 bits per heavy atom. The third-order valence-corrected chi connectivity index (χ3v) is 4.79. The number of aliphatic carboxylic acids is 1. The lowest BCUT2D eigenvalue weighted by Gasteiger charge is -2.37. The molecule has 0 radical (unpaired) electrons. The van der Waals surface area contributed by atoms with Gasteiger partial charge in [0.1, 0.15) is 5.75 Å². The van der Waals surface area contributed by atoms with E-state index in [4.69, 9.17) is 4.74 Å². The number of hydrogen-bond donors (Lipinski definition) is 1. The van der Waals surface area contributed by atoms with Gasteiger partial charge in [-0.15, -0.1) is 0 Å². The average molecular weight is 340 g/mol. The summed E-state index contributed by atoms with van der Waals surface area (Å²) in [6, 6.07) is 12.0. The van der Waals surface area contributed by atoms with Crippen molar-refractivity contribution in [3.05, 3.63) is 59.4 Å². The zero-order valence-electron chi connectivity index (χ0n) is 14.7. The van der Waals surface area contributed by atoms with E-state index in [1.54, 1.807) is 7.11 Å². The summed E-state index contributed by atoms with van der Waals surface area (Å²) in [7, 11) is 1.65. The van der Waals surface area contributed by atoms with E-state index in [0.29, 0.717) is 6.54 Å². The minimum atomic E-state index is -0.717. The van der Waals surface area contributed by atoms with Crippen LogP contribution in [-0.4, -0.2) is 41.2 Å². The van der Waals surface area contributed by atoms with Crippen molar-refractivity contribution >= 4 is 5.97 Å². The Balaban J connectivity index is 1.99. The second-order valence-electron chi connectivity index (χ2n) is 6.61. The maximum Gasteiger partial charge on any atom is 0.307 e. The Kier molecular flexibility index (Phi) is 5.34. The lowest BCUT2D eigenvalue weighted by Crippen LogP contribution is -2.41. The fourth-order valence-corrected chi connectivity index (χ4v) is 3.46. The molecule has 2 aromatic rings. The molecule has 1 aliphatic heterocycles. The fourth-order valence-electron chi connectivity index (χ4n) is 3.46. The number of benzene rings is 1. The van der Waals surface area contributed by atoms with Crippen LogP contribution in [0.25, 0.3) is 0 Å². The van der Waals surface area contributed by atoms with Crippen LogP contribution in [0.15, 0.2) is 42.6 Å². The van der Waals surface area contributed by atoms with Gasteiger partial charge in [-0.1, -0.05) is 18.2 Å². The van der Waals surface area contributed by atoms with Crippen molar-refractivity contribution in [1.29, 1.82) is 0 Å². The minimum absolute atomic E-state index is 0.0714. The predicted molar refractivity (Wildman–Crippen MR) is 95.7 cm³/mol. The molecule has 1 N–H and O–H groups in total. The van der Waals surface area contributed by atoms with Crippen LogP contribution in [0.2, 0.25) is 0 Å². The normalized spacial score (nSPS) is 19.4. The molecule has 5 heteroatoms. The van der Waals surface area contributed by atoms with Gasteiger partial charge in [-0.2, -0.15) is 0 Å². The monoisotopic (exact) mass is 340 g/mol. The highest BCUT2D eigenvalue weighted by Crippen LogP contribution is 2.33. The van der Waals surface area contributed by atoms with E-state index in [9.17, 15) is 9.90 Å². The number of nitrogens with zero attached hydrogens (tertiary/aromatic N) is 2. The maximum absolute atomic E-state index is 11.5. The van der Waals surface area contributed by atoms with Crippen molar-refractivity contribution < 1.29 is 14.6 Å². The standard InChI is InChI=1S/C20H24N2O3/c1-14-8-9-18(21-12-14)19(15-5-3-7-17(11-15)25-2)22-10-4-6-16(13-22)20(23)24/h3,5,7-9,11-12,16,19H,4,6,10,13H2,1-2H3,(H,23,24). The molecular weight excluding hydrogens is 316 g/mol. The molecule has 0 spiro atoms. The van der Waals surface area contributed by atoms with Crippen molar-refractivity contribution in [2.45, 2.75) is 25.8 Å². The van der Waals surface area contributed by atoms with Gasteiger partial charge >= 0.3 is 5.97 Å². The highest BCUT2D eigenvalue weighted by atomic mass is 16.5. The van der Waals surface area contributed by atoms with E-state index in [1.807, 2.05) is 43.5 Å². The topological polar surface area (TPSA) is 62.7 Å². The molecule has 1 aromatic heterocycles. The quantitative estimate of drug-likeness (QED) is 0.905. The van der Waals surface area contributed by atoms with E-state index < -0.39 is 5.97 Å². The summed E-state index contributed by atoms with van der Waals surface area (Å²) in [5, 5.41) is 9.44. The number of rotatable bonds is 5. The zero-order chi connectivity index (χ0) is 17.8. The molecule has 1 aliphatic rings. The molecule has 2 heterocycles. The highest BCUT2D eigenvalue weighted by molar-refractivity contribution is 5.70. The summed E-state index contributed by atoms with van der Waals surface area (Å²) in [5.74, 6) is -0.250. The van der Waals surface area contributed by atoms with Gasteiger partial charge in [0.15, 0.2) is 0 Å². The molecule has 25 heavy (non-hydrogen) atoms. The van der Waals surface area contributed by atoms with E-state index in [-0.39, 0.29) is 12.0 Å². The lowest BCUT2D eigenvalue weighted by atomic mass is 9.93. The summed E-state index contributed by atoms with van der Waals surface area (Å²) in [4.78, 5) is 18.3.